The molecule has 0 fully saturated rings. The monoisotopic (exact) mass is 419 g/mol. The quantitative estimate of drug-likeness (QED) is 0.438. The maximum atomic E-state index is 13.5. The molecule has 4 rings (SSSR count). The van der Waals surface area contributed by atoms with Crippen molar-refractivity contribution in [3.63, 3.8) is 0 Å². The summed E-state index contributed by atoms with van der Waals surface area (Å²) in [6.07, 6.45) is -8.32. The number of benzene rings is 1. The van der Waals surface area contributed by atoms with Crippen molar-refractivity contribution in [3.8, 4) is 0 Å². The van der Waals surface area contributed by atoms with E-state index in [9.17, 15) is 26.3 Å². The molecule has 0 N–H and O–H groups in total. The Morgan fingerprint density at radius 2 is 1.71 bits per heavy atom. The molecule has 0 aliphatic heterocycles. The van der Waals surface area contributed by atoms with Gasteiger partial charge in [-0.05, 0) is 18.2 Å². The standard InChI is InChI=1S/C16H8ClF6N5/c17-10-3-1-2-8-6-24-27(13(8)10)7-11-9(15(18,19)20)4-5-12-25-14(16(21,22)23)26-28(11)12/h1-6H,7H2. The Bertz CT molecular complexity index is 1190. The zero-order chi connectivity index (χ0) is 20.3. The molecule has 0 saturated carbocycles. The minimum atomic E-state index is -4.90. The van der Waals surface area contributed by atoms with Crippen LogP contribution in [0.5, 0.6) is 0 Å². The molecule has 0 saturated heterocycles. The van der Waals surface area contributed by atoms with Gasteiger partial charge in [0.15, 0.2) is 5.65 Å². The van der Waals surface area contributed by atoms with Crippen LogP contribution in [0, 0.1) is 0 Å². The third-order valence-electron chi connectivity index (χ3n) is 4.07. The number of para-hydroxylation sites is 1. The summed E-state index contributed by atoms with van der Waals surface area (Å²) in [5.74, 6) is -1.53. The molecule has 1 aromatic carbocycles. The zero-order valence-electron chi connectivity index (χ0n) is 13.6. The van der Waals surface area contributed by atoms with Crippen molar-refractivity contribution < 1.29 is 26.3 Å². The predicted octanol–water partition coefficient (Wildman–Crippen LogP) is 4.82. The van der Waals surface area contributed by atoms with E-state index in [4.69, 9.17) is 11.6 Å². The van der Waals surface area contributed by atoms with Crippen LogP contribution in [0.3, 0.4) is 0 Å². The van der Waals surface area contributed by atoms with Gasteiger partial charge in [0.2, 0.25) is 0 Å². The highest BCUT2D eigenvalue weighted by atomic mass is 35.5. The summed E-state index contributed by atoms with van der Waals surface area (Å²) >= 11 is 6.12. The molecule has 0 atom stereocenters. The molecule has 12 heteroatoms. The van der Waals surface area contributed by atoms with Crippen molar-refractivity contribution >= 4 is 28.2 Å². The molecule has 0 radical (unpaired) electrons. The molecule has 28 heavy (non-hydrogen) atoms. The fourth-order valence-corrected chi connectivity index (χ4v) is 3.17. The molecule has 146 valence electrons. The van der Waals surface area contributed by atoms with Crippen LogP contribution in [0.4, 0.5) is 26.3 Å². The Balaban J connectivity index is 1.96. The van der Waals surface area contributed by atoms with Gasteiger partial charge in [0, 0.05) is 5.39 Å². The van der Waals surface area contributed by atoms with E-state index in [0.29, 0.717) is 21.5 Å². The van der Waals surface area contributed by atoms with Gasteiger partial charge in [0.1, 0.15) is 0 Å². The van der Waals surface area contributed by atoms with Gasteiger partial charge in [-0.1, -0.05) is 23.7 Å². The lowest BCUT2D eigenvalue weighted by Gasteiger charge is -2.14. The third-order valence-corrected chi connectivity index (χ3v) is 4.37. The van der Waals surface area contributed by atoms with Crippen LogP contribution in [0.2, 0.25) is 5.02 Å². The predicted molar refractivity (Wildman–Crippen MR) is 86.8 cm³/mol. The van der Waals surface area contributed by atoms with Gasteiger partial charge < -0.3 is 0 Å². The average Bonchev–Trinajstić information content (AvgIpc) is 3.19. The van der Waals surface area contributed by atoms with Crippen molar-refractivity contribution in [1.29, 1.82) is 0 Å². The van der Waals surface area contributed by atoms with E-state index in [0.717, 1.165) is 6.07 Å². The Kier molecular flexibility index (Phi) is 4.03. The number of alkyl halides is 6. The number of fused-ring (bicyclic) bond motifs is 2. The first-order chi connectivity index (χ1) is 13.1. The number of rotatable bonds is 2. The Hall–Kier alpha value is -2.82. The van der Waals surface area contributed by atoms with Crippen LogP contribution >= 0.6 is 11.6 Å². The smallest absolute Gasteiger partial charge is 0.257 e. The molecule has 3 aromatic heterocycles. The summed E-state index contributed by atoms with van der Waals surface area (Å²) in [6.45, 7) is -0.514. The number of hydrogen-bond acceptors (Lipinski definition) is 3. The lowest BCUT2D eigenvalue weighted by atomic mass is 10.1. The Morgan fingerprint density at radius 3 is 2.39 bits per heavy atom. The highest BCUT2D eigenvalue weighted by Crippen LogP contribution is 2.34. The summed E-state index contributed by atoms with van der Waals surface area (Å²) in [7, 11) is 0. The first-order valence-corrected chi connectivity index (χ1v) is 8.06. The molecule has 5 nitrogen and oxygen atoms in total. The van der Waals surface area contributed by atoms with Crippen LogP contribution in [0.1, 0.15) is 17.1 Å². The van der Waals surface area contributed by atoms with Crippen molar-refractivity contribution in [3.05, 3.63) is 58.6 Å². The van der Waals surface area contributed by atoms with Crippen LogP contribution in [-0.4, -0.2) is 24.4 Å². The molecular weight excluding hydrogens is 412 g/mol. The fourth-order valence-electron chi connectivity index (χ4n) is 2.89. The van der Waals surface area contributed by atoms with E-state index in [1.807, 2.05) is 0 Å². The maximum absolute atomic E-state index is 13.5. The highest BCUT2D eigenvalue weighted by Gasteiger charge is 2.39. The van der Waals surface area contributed by atoms with Crippen molar-refractivity contribution in [2.45, 2.75) is 18.9 Å². The second-order valence-corrected chi connectivity index (χ2v) is 6.28. The van der Waals surface area contributed by atoms with Crippen LogP contribution < -0.4 is 0 Å². The lowest BCUT2D eigenvalue weighted by molar-refractivity contribution is -0.144. The summed E-state index contributed by atoms with van der Waals surface area (Å²) in [5.41, 5.74) is -1.70. The Morgan fingerprint density at radius 1 is 0.964 bits per heavy atom. The molecule has 0 amide bonds. The van der Waals surface area contributed by atoms with E-state index in [1.165, 1.54) is 16.9 Å². The SMILES string of the molecule is FC(F)(F)c1nc2ccc(C(F)(F)F)c(Cn3ncc4cccc(Cl)c43)n2n1. The van der Waals surface area contributed by atoms with Gasteiger partial charge in [0.05, 0.1) is 34.5 Å². The molecule has 3 heterocycles. The number of halogens is 7. The maximum Gasteiger partial charge on any atom is 0.453 e. The average molecular weight is 420 g/mol. The fraction of sp³-hybridized carbons (Fsp3) is 0.188. The van der Waals surface area contributed by atoms with Crippen molar-refractivity contribution in [2.75, 3.05) is 0 Å². The van der Waals surface area contributed by atoms with Crippen LogP contribution in [-0.2, 0) is 18.9 Å². The van der Waals surface area contributed by atoms with E-state index in [1.54, 1.807) is 12.1 Å². The van der Waals surface area contributed by atoms with Gasteiger partial charge in [-0.15, -0.1) is 5.10 Å². The molecule has 0 bridgehead atoms. The summed E-state index contributed by atoms with van der Waals surface area (Å²) < 4.78 is 81.0. The first kappa shape index (κ1) is 18.5. The molecule has 0 aliphatic rings. The van der Waals surface area contributed by atoms with Gasteiger partial charge in [0.25, 0.3) is 5.82 Å². The zero-order valence-corrected chi connectivity index (χ0v) is 14.3. The number of aromatic nitrogens is 5. The summed E-state index contributed by atoms with van der Waals surface area (Å²) in [5, 5.41) is 8.08. The second-order valence-electron chi connectivity index (χ2n) is 5.87. The van der Waals surface area contributed by atoms with E-state index in [-0.39, 0.29) is 10.7 Å². The van der Waals surface area contributed by atoms with Gasteiger partial charge in [-0.25, -0.2) is 9.50 Å². The third kappa shape index (κ3) is 3.05. The number of hydrogen-bond donors (Lipinski definition) is 0. The van der Waals surface area contributed by atoms with Gasteiger partial charge in [-0.3, -0.25) is 4.68 Å². The number of pyridine rings is 1. The van der Waals surface area contributed by atoms with E-state index < -0.39 is 36.0 Å². The largest absolute Gasteiger partial charge is 0.453 e. The lowest BCUT2D eigenvalue weighted by Crippen LogP contribution is -2.17. The normalized spacial score (nSPS) is 13.0. The molecule has 4 aromatic rings. The molecule has 0 spiro atoms. The molecule has 0 aliphatic carbocycles. The summed E-state index contributed by atoms with van der Waals surface area (Å²) in [6, 6.07) is 6.35. The van der Waals surface area contributed by atoms with Gasteiger partial charge >= 0.3 is 12.4 Å². The van der Waals surface area contributed by atoms with E-state index in [2.05, 4.69) is 15.2 Å². The molecule has 0 unspecified atom stereocenters. The van der Waals surface area contributed by atoms with Crippen LogP contribution in [0.15, 0.2) is 36.5 Å². The minimum Gasteiger partial charge on any atom is -0.257 e. The first-order valence-electron chi connectivity index (χ1n) is 7.69. The van der Waals surface area contributed by atoms with Crippen LogP contribution in [0.25, 0.3) is 16.6 Å². The van der Waals surface area contributed by atoms with Crippen molar-refractivity contribution in [2.24, 2.45) is 0 Å². The van der Waals surface area contributed by atoms with Crippen molar-refractivity contribution in [1.82, 2.24) is 24.4 Å². The summed E-state index contributed by atoms with van der Waals surface area (Å²) in [4.78, 5) is 3.28. The molecular formula is C16H8ClF6N5. The topological polar surface area (TPSA) is 48.0 Å². The highest BCUT2D eigenvalue weighted by molar-refractivity contribution is 6.35. The van der Waals surface area contributed by atoms with E-state index >= 15 is 0 Å². The number of nitrogens with zero attached hydrogens (tertiary/aromatic N) is 5. The Labute approximate surface area is 157 Å². The minimum absolute atomic E-state index is 0.241. The van der Waals surface area contributed by atoms with Gasteiger partial charge in [-0.2, -0.15) is 31.4 Å². The second kappa shape index (κ2) is 6.09.